The molecule has 4 rings (SSSR count). The molecule has 2 heterocycles. The molecule has 0 radical (unpaired) electrons. The molecule has 3 aromatic rings. The highest BCUT2D eigenvalue weighted by Crippen LogP contribution is 2.20. The fraction of sp³-hybridized carbons (Fsp3) is 0.294. The topological polar surface area (TPSA) is 54.2 Å². The molecule has 1 atom stereocenters. The average molecular weight is 294 g/mol. The van der Waals surface area contributed by atoms with Gasteiger partial charge in [0.05, 0.1) is 0 Å². The number of anilines is 1. The van der Waals surface area contributed by atoms with E-state index in [-0.39, 0.29) is 0 Å². The molecular weight excluding hydrogens is 276 g/mol. The molecular formula is C17H18N4O. The van der Waals surface area contributed by atoms with E-state index < -0.39 is 0 Å². The van der Waals surface area contributed by atoms with Gasteiger partial charge in [-0.15, -0.1) is 0 Å². The third-order valence-electron chi connectivity index (χ3n) is 4.22. The summed E-state index contributed by atoms with van der Waals surface area (Å²) in [5.41, 5.74) is 4.14. The third-order valence-corrected chi connectivity index (χ3v) is 4.22. The summed E-state index contributed by atoms with van der Waals surface area (Å²) in [4.78, 5) is 2.43. The van der Waals surface area contributed by atoms with E-state index in [1.165, 1.54) is 17.7 Å². The Morgan fingerprint density at radius 3 is 2.86 bits per heavy atom. The molecule has 0 saturated carbocycles. The van der Waals surface area contributed by atoms with E-state index in [1.807, 2.05) is 12.1 Å². The maximum atomic E-state index is 4.73. The van der Waals surface area contributed by atoms with E-state index in [0.29, 0.717) is 6.04 Å². The number of hydrogen-bond donors (Lipinski definition) is 1. The molecule has 0 amide bonds. The van der Waals surface area contributed by atoms with Crippen molar-refractivity contribution in [1.29, 1.82) is 0 Å². The second-order valence-electron chi connectivity index (χ2n) is 5.74. The highest BCUT2D eigenvalue weighted by atomic mass is 16.6. The highest BCUT2D eigenvalue weighted by molar-refractivity contribution is 5.73. The van der Waals surface area contributed by atoms with Crippen LogP contribution >= 0.6 is 0 Å². The standard InChI is InChI=1S/C17H18N4O/c1-2-4-15(5-3-1)21-9-8-14(12-21)18-11-13-6-7-16-17(10-13)20-22-19-16/h1-7,10,14,18H,8-9,11-12H2. The van der Waals surface area contributed by atoms with E-state index in [4.69, 9.17) is 4.63 Å². The van der Waals surface area contributed by atoms with Crippen LogP contribution in [0.5, 0.6) is 0 Å². The van der Waals surface area contributed by atoms with Gasteiger partial charge in [-0.2, -0.15) is 0 Å². The lowest BCUT2D eigenvalue weighted by Gasteiger charge is -2.19. The zero-order chi connectivity index (χ0) is 14.8. The molecule has 22 heavy (non-hydrogen) atoms. The van der Waals surface area contributed by atoms with Crippen molar-refractivity contribution in [1.82, 2.24) is 15.6 Å². The first-order chi connectivity index (χ1) is 10.9. The number of nitrogens with zero attached hydrogens (tertiary/aromatic N) is 3. The Balaban J connectivity index is 1.36. The van der Waals surface area contributed by atoms with Gasteiger partial charge < -0.3 is 10.2 Å². The lowest BCUT2D eigenvalue weighted by molar-refractivity contribution is 0.315. The molecule has 1 unspecified atom stereocenters. The molecule has 2 aromatic carbocycles. The molecule has 0 spiro atoms. The Labute approximate surface area is 128 Å². The minimum atomic E-state index is 0.520. The molecule has 112 valence electrons. The SMILES string of the molecule is c1ccc(N2CCC(NCc3ccc4nonc4c3)C2)cc1. The maximum absolute atomic E-state index is 4.73. The van der Waals surface area contributed by atoms with Gasteiger partial charge in [-0.05, 0) is 46.6 Å². The van der Waals surface area contributed by atoms with Crippen molar-refractivity contribution in [2.45, 2.75) is 19.0 Å². The number of hydrogen-bond acceptors (Lipinski definition) is 5. The van der Waals surface area contributed by atoms with Crippen LogP contribution in [0.3, 0.4) is 0 Å². The molecule has 1 aromatic heterocycles. The Morgan fingerprint density at radius 1 is 1.09 bits per heavy atom. The Bertz CT molecular complexity index is 755. The molecule has 0 aliphatic carbocycles. The fourth-order valence-electron chi connectivity index (χ4n) is 3.00. The molecule has 1 N–H and O–H groups in total. The van der Waals surface area contributed by atoms with Crippen molar-refractivity contribution < 1.29 is 4.63 Å². The van der Waals surface area contributed by atoms with Crippen molar-refractivity contribution in [3.8, 4) is 0 Å². The van der Waals surface area contributed by atoms with E-state index in [2.05, 4.69) is 56.9 Å². The summed E-state index contributed by atoms with van der Waals surface area (Å²) in [6.45, 7) is 3.00. The number of fused-ring (bicyclic) bond motifs is 1. The molecule has 0 bridgehead atoms. The van der Waals surface area contributed by atoms with Gasteiger partial charge in [0.25, 0.3) is 0 Å². The van der Waals surface area contributed by atoms with E-state index in [1.54, 1.807) is 0 Å². The smallest absolute Gasteiger partial charge is 0.135 e. The Kier molecular flexibility index (Phi) is 3.48. The van der Waals surface area contributed by atoms with Crippen LogP contribution in [-0.2, 0) is 6.54 Å². The number of benzene rings is 2. The van der Waals surface area contributed by atoms with Gasteiger partial charge in [-0.1, -0.05) is 24.3 Å². The minimum Gasteiger partial charge on any atom is -0.370 e. The van der Waals surface area contributed by atoms with E-state index >= 15 is 0 Å². The number of para-hydroxylation sites is 1. The minimum absolute atomic E-state index is 0.520. The largest absolute Gasteiger partial charge is 0.370 e. The normalized spacial score (nSPS) is 18.2. The molecule has 1 aliphatic heterocycles. The summed E-state index contributed by atoms with van der Waals surface area (Å²) in [7, 11) is 0. The van der Waals surface area contributed by atoms with Crippen LogP contribution in [0.25, 0.3) is 11.0 Å². The fourth-order valence-corrected chi connectivity index (χ4v) is 3.00. The van der Waals surface area contributed by atoms with Gasteiger partial charge in [0.1, 0.15) is 11.0 Å². The zero-order valence-corrected chi connectivity index (χ0v) is 12.3. The molecule has 1 saturated heterocycles. The van der Waals surface area contributed by atoms with Crippen LogP contribution < -0.4 is 10.2 Å². The van der Waals surface area contributed by atoms with Gasteiger partial charge in [-0.25, -0.2) is 4.63 Å². The summed E-state index contributed by atoms with van der Waals surface area (Å²) in [5.74, 6) is 0. The zero-order valence-electron chi connectivity index (χ0n) is 12.3. The van der Waals surface area contributed by atoms with Crippen LogP contribution in [0.15, 0.2) is 53.2 Å². The number of nitrogens with one attached hydrogen (secondary N) is 1. The first kappa shape index (κ1) is 13.3. The summed E-state index contributed by atoms with van der Waals surface area (Å²) in [6.07, 6.45) is 1.17. The Hall–Kier alpha value is -2.40. The average Bonchev–Trinajstić information content (AvgIpc) is 3.22. The van der Waals surface area contributed by atoms with Crippen molar-refractivity contribution in [2.24, 2.45) is 0 Å². The first-order valence-electron chi connectivity index (χ1n) is 7.63. The van der Waals surface area contributed by atoms with Gasteiger partial charge in [0.15, 0.2) is 0 Å². The molecule has 1 aliphatic rings. The maximum Gasteiger partial charge on any atom is 0.135 e. The van der Waals surface area contributed by atoms with Crippen LogP contribution in [0.2, 0.25) is 0 Å². The van der Waals surface area contributed by atoms with Crippen molar-refractivity contribution >= 4 is 16.7 Å². The van der Waals surface area contributed by atoms with Gasteiger partial charge >= 0.3 is 0 Å². The van der Waals surface area contributed by atoms with Crippen molar-refractivity contribution in [3.05, 3.63) is 54.1 Å². The first-order valence-corrected chi connectivity index (χ1v) is 7.63. The lowest BCUT2D eigenvalue weighted by atomic mass is 10.2. The van der Waals surface area contributed by atoms with Gasteiger partial charge in [-0.3, -0.25) is 0 Å². The van der Waals surface area contributed by atoms with Crippen LogP contribution in [0.1, 0.15) is 12.0 Å². The van der Waals surface area contributed by atoms with E-state index in [0.717, 1.165) is 30.7 Å². The van der Waals surface area contributed by atoms with Gasteiger partial charge in [0.2, 0.25) is 0 Å². The predicted molar refractivity (Wildman–Crippen MR) is 85.7 cm³/mol. The number of aromatic nitrogens is 2. The van der Waals surface area contributed by atoms with Crippen LogP contribution in [0.4, 0.5) is 5.69 Å². The van der Waals surface area contributed by atoms with Crippen LogP contribution in [-0.4, -0.2) is 29.4 Å². The molecule has 5 nitrogen and oxygen atoms in total. The monoisotopic (exact) mass is 294 g/mol. The predicted octanol–water partition coefficient (Wildman–Crippen LogP) is 2.59. The quantitative estimate of drug-likeness (QED) is 0.801. The summed E-state index contributed by atoms with van der Waals surface area (Å²) >= 11 is 0. The summed E-state index contributed by atoms with van der Waals surface area (Å²) < 4.78 is 4.73. The lowest BCUT2D eigenvalue weighted by Crippen LogP contribution is -2.32. The van der Waals surface area contributed by atoms with Crippen LogP contribution in [0, 0.1) is 0 Å². The van der Waals surface area contributed by atoms with E-state index in [9.17, 15) is 0 Å². The van der Waals surface area contributed by atoms with Gasteiger partial charge in [0, 0.05) is 31.4 Å². The van der Waals surface area contributed by atoms with Crippen molar-refractivity contribution in [3.63, 3.8) is 0 Å². The second kappa shape index (κ2) is 5.77. The molecule has 1 fully saturated rings. The summed E-state index contributed by atoms with van der Waals surface area (Å²) in [6, 6.07) is 17.2. The Morgan fingerprint density at radius 2 is 1.95 bits per heavy atom. The highest BCUT2D eigenvalue weighted by Gasteiger charge is 2.21. The van der Waals surface area contributed by atoms with Crippen molar-refractivity contribution in [2.75, 3.05) is 18.0 Å². The molecule has 5 heteroatoms. The third kappa shape index (κ3) is 2.67. The summed E-state index contributed by atoms with van der Waals surface area (Å²) in [5, 5.41) is 11.4. The second-order valence-corrected chi connectivity index (χ2v) is 5.74. The number of rotatable bonds is 4.